The van der Waals surface area contributed by atoms with Crippen LogP contribution in [0.15, 0.2) is 0 Å². The zero-order valence-corrected chi connectivity index (χ0v) is 4.64. The first-order valence-corrected chi connectivity index (χ1v) is 2.30. The molecule has 2 nitrogen and oxygen atoms in total. The number of carbonyl (C=O) groups excluding carboxylic acids is 1. The van der Waals surface area contributed by atoms with Gasteiger partial charge < -0.3 is 5.11 Å². The zero-order valence-electron chi connectivity index (χ0n) is 4.64. The average molecular weight is 102 g/mol. The van der Waals surface area contributed by atoms with Gasteiger partial charge in [0.05, 0.1) is 6.10 Å². The minimum atomic E-state index is -0.475. The van der Waals surface area contributed by atoms with Gasteiger partial charge in [0, 0.05) is 6.42 Å². The zero-order chi connectivity index (χ0) is 5.86. The van der Waals surface area contributed by atoms with Crippen molar-refractivity contribution in [2.24, 2.45) is 0 Å². The van der Waals surface area contributed by atoms with Crippen LogP contribution in [-0.4, -0.2) is 17.0 Å². The van der Waals surface area contributed by atoms with Gasteiger partial charge in [-0.1, -0.05) is 0 Å². The number of aliphatic hydroxyl groups excluding tert-OH is 1. The number of carbonyl (C=O) groups is 1. The van der Waals surface area contributed by atoms with Gasteiger partial charge in [0.2, 0.25) is 0 Å². The lowest BCUT2D eigenvalue weighted by Gasteiger charge is -1.95. The van der Waals surface area contributed by atoms with E-state index in [1.165, 1.54) is 6.92 Å². The third-order valence-electron chi connectivity index (χ3n) is 0.583. The molecule has 0 aliphatic rings. The van der Waals surface area contributed by atoms with Crippen molar-refractivity contribution >= 4 is 5.78 Å². The highest BCUT2D eigenvalue weighted by Crippen LogP contribution is 1.87. The Morgan fingerprint density at radius 2 is 2.29 bits per heavy atom. The molecule has 0 saturated carbocycles. The van der Waals surface area contributed by atoms with Crippen LogP contribution in [0.25, 0.3) is 0 Å². The predicted molar refractivity (Wildman–Crippen MR) is 27.0 cm³/mol. The first kappa shape index (κ1) is 6.63. The quantitative estimate of drug-likeness (QED) is 0.546. The van der Waals surface area contributed by atoms with Crippen molar-refractivity contribution in [1.29, 1.82) is 0 Å². The van der Waals surface area contributed by atoms with Crippen molar-refractivity contribution < 1.29 is 9.90 Å². The third-order valence-corrected chi connectivity index (χ3v) is 0.583. The van der Waals surface area contributed by atoms with Crippen molar-refractivity contribution in [2.75, 3.05) is 0 Å². The van der Waals surface area contributed by atoms with E-state index in [0.29, 0.717) is 0 Å². The molecule has 0 saturated heterocycles. The molecule has 0 unspecified atom stereocenters. The van der Waals surface area contributed by atoms with Crippen LogP contribution in [0.2, 0.25) is 0 Å². The Balaban J connectivity index is 3.13. The van der Waals surface area contributed by atoms with E-state index in [9.17, 15) is 4.79 Å². The van der Waals surface area contributed by atoms with Crippen LogP contribution < -0.4 is 0 Å². The summed E-state index contributed by atoms with van der Waals surface area (Å²) in [7, 11) is 0. The normalized spacial score (nSPS) is 13.6. The molecule has 0 spiro atoms. The van der Waals surface area contributed by atoms with Crippen LogP contribution in [0.1, 0.15) is 20.3 Å². The summed E-state index contributed by atoms with van der Waals surface area (Å²) < 4.78 is 0. The maximum absolute atomic E-state index is 10.1. The Hall–Kier alpha value is -0.370. The molecule has 0 aromatic carbocycles. The molecule has 0 heterocycles. The summed E-state index contributed by atoms with van der Waals surface area (Å²) in [5.41, 5.74) is 0. The second-order valence-electron chi connectivity index (χ2n) is 1.76. The molecule has 0 fully saturated rings. The number of hydrogen-bond acceptors (Lipinski definition) is 2. The van der Waals surface area contributed by atoms with E-state index in [2.05, 4.69) is 0 Å². The fourth-order valence-corrected chi connectivity index (χ4v) is 0.416. The highest BCUT2D eigenvalue weighted by atomic mass is 16.3. The fraction of sp³-hybridized carbons (Fsp3) is 0.800. The molecule has 2 heteroatoms. The molecular formula is C5H10O2. The van der Waals surface area contributed by atoms with E-state index in [-0.39, 0.29) is 12.2 Å². The Bertz CT molecular complexity index is 66.5. The van der Waals surface area contributed by atoms with E-state index in [1.807, 2.05) is 0 Å². The summed E-state index contributed by atoms with van der Waals surface area (Å²) in [6, 6.07) is 0. The van der Waals surface area contributed by atoms with Gasteiger partial charge in [-0.15, -0.1) is 0 Å². The molecule has 0 bridgehead atoms. The first-order chi connectivity index (χ1) is 3.13. The molecule has 0 radical (unpaired) electrons. The molecule has 1 atom stereocenters. The molecule has 42 valence electrons. The molecule has 7 heavy (non-hydrogen) atoms. The van der Waals surface area contributed by atoms with Gasteiger partial charge in [-0.05, 0) is 13.8 Å². The largest absolute Gasteiger partial charge is 0.393 e. The monoisotopic (exact) mass is 102 g/mol. The van der Waals surface area contributed by atoms with Crippen LogP contribution in [0.4, 0.5) is 0 Å². The number of Topliss-reactive ketones (excluding diaryl/α,β-unsaturated/α-hetero) is 1. The second kappa shape index (κ2) is 2.75. The van der Waals surface area contributed by atoms with Gasteiger partial charge >= 0.3 is 0 Å². The van der Waals surface area contributed by atoms with Gasteiger partial charge in [0.15, 0.2) is 0 Å². The van der Waals surface area contributed by atoms with Gasteiger partial charge in [0.25, 0.3) is 0 Å². The highest BCUT2D eigenvalue weighted by molar-refractivity contribution is 5.75. The van der Waals surface area contributed by atoms with Gasteiger partial charge in [0.1, 0.15) is 5.78 Å². The van der Waals surface area contributed by atoms with Crippen LogP contribution >= 0.6 is 0 Å². The number of rotatable bonds is 2. The molecule has 1 N–H and O–H groups in total. The Morgan fingerprint density at radius 1 is 1.86 bits per heavy atom. The smallest absolute Gasteiger partial charge is 0.132 e. The number of hydrogen-bond donors (Lipinski definition) is 1. The maximum atomic E-state index is 10.1. The summed E-state index contributed by atoms with van der Waals surface area (Å²) in [5, 5.41) is 8.50. The number of ketones is 1. The molecule has 0 aliphatic heterocycles. The molecule has 0 aromatic heterocycles. The van der Waals surface area contributed by atoms with Crippen LogP contribution in [0.5, 0.6) is 0 Å². The molecule has 0 rings (SSSR count). The highest BCUT2D eigenvalue weighted by Gasteiger charge is 1.96. The minimum Gasteiger partial charge on any atom is -0.393 e. The summed E-state index contributed by atoms with van der Waals surface area (Å²) in [6.45, 7) is 3.06. The lowest BCUT2D eigenvalue weighted by atomic mass is 10.2. The van der Waals surface area contributed by atoms with Crippen LogP contribution in [0, 0.1) is 0 Å². The molecule has 0 aromatic rings. The average Bonchev–Trinajstić information content (AvgIpc) is 1.27. The Kier molecular flexibility index (Phi) is 2.60. The van der Waals surface area contributed by atoms with Crippen LogP contribution in [0.3, 0.4) is 0 Å². The molecule has 0 amide bonds. The topological polar surface area (TPSA) is 37.3 Å². The Labute approximate surface area is 43.2 Å². The maximum Gasteiger partial charge on any atom is 0.132 e. The summed E-state index contributed by atoms with van der Waals surface area (Å²) in [4.78, 5) is 10.1. The van der Waals surface area contributed by atoms with Crippen molar-refractivity contribution in [1.82, 2.24) is 0 Å². The van der Waals surface area contributed by atoms with Gasteiger partial charge in [-0.3, -0.25) is 4.79 Å². The SMILES string of the molecule is CC(=O)C[C@@H](C)O. The summed E-state index contributed by atoms with van der Waals surface area (Å²) in [5.74, 6) is 0.0370. The van der Waals surface area contributed by atoms with Gasteiger partial charge in [-0.2, -0.15) is 0 Å². The standard InChI is InChI=1S/C5H10O2/c1-4(6)3-5(2)7/h4,6H,3H2,1-2H3/t4-/m1/s1. The second-order valence-corrected chi connectivity index (χ2v) is 1.76. The van der Waals surface area contributed by atoms with Crippen molar-refractivity contribution in [3.05, 3.63) is 0 Å². The first-order valence-electron chi connectivity index (χ1n) is 2.30. The third kappa shape index (κ3) is 5.63. The Morgan fingerprint density at radius 3 is 2.29 bits per heavy atom. The fourth-order valence-electron chi connectivity index (χ4n) is 0.416. The van der Waals surface area contributed by atoms with E-state index in [1.54, 1.807) is 6.92 Å². The van der Waals surface area contributed by atoms with E-state index in [0.717, 1.165) is 0 Å². The molecule has 0 aliphatic carbocycles. The van der Waals surface area contributed by atoms with Crippen molar-refractivity contribution in [2.45, 2.75) is 26.4 Å². The van der Waals surface area contributed by atoms with Crippen molar-refractivity contribution in [3.8, 4) is 0 Å². The lowest BCUT2D eigenvalue weighted by Crippen LogP contribution is -2.04. The lowest BCUT2D eigenvalue weighted by molar-refractivity contribution is -0.118. The van der Waals surface area contributed by atoms with E-state index in [4.69, 9.17) is 5.11 Å². The van der Waals surface area contributed by atoms with E-state index >= 15 is 0 Å². The minimum absolute atomic E-state index is 0.0370. The number of aliphatic hydroxyl groups is 1. The summed E-state index contributed by atoms with van der Waals surface area (Å²) >= 11 is 0. The van der Waals surface area contributed by atoms with Gasteiger partial charge in [-0.25, -0.2) is 0 Å². The van der Waals surface area contributed by atoms with Crippen molar-refractivity contribution in [3.63, 3.8) is 0 Å². The molecular weight excluding hydrogens is 92.1 g/mol. The summed E-state index contributed by atoms with van der Waals surface area (Å²) in [6.07, 6.45) is -0.197. The van der Waals surface area contributed by atoms with Crippen LogP contribution in [-0.2, 0) is 4.79 Å². The van der Waals surface area contributed by atoms with E-state index < -0.39 is 6.10 Å². The predicted octanol–water partition coefficient (Wildman–Crippen LogP) is 0.346.